The van der Waals surface area contributed by atoms with Crippen molar-refractivity contribution < 1.29 is 9.53 Å². The summed E-state index contributed by atoms with van der Waals surface area (Å²) in [6.45, 7) is 3.12. The topological polar surface area (TPSA) is 54.1 Å². The van der Waals surface area contributed by atoms with Gasteiger partial charge in [-0.15, -0.1) is 0 Å². The molecule has 0 spiro atoms. The van der Waals surface area contributed by atoms with E-state index in [9.17, 15) is 4.79 Å². The first kappa shape index (κ1) is 15.2. The molecule has 4 nitrogen and oxygen atoms in total. The molecular formula is C19H20N2O2. The summed E-state index contributed by atoms with van der Waals surface area (Å²) in [6.07, 6.45) is 2.32. The van der Waals surface area contributed by atoms with Gasteiger partial charge in [0.1, 0.15) is 5.75 Å². The number of nitrogens with one attached hydrogen (secondary N) is 2. The van der Waals surface area contributed by atoms with Crippen LogP contribution < -0.4 is 10.1 Å². The van der Waals surface area contributed by atoms with Gasteiger partial charge in [0, 0.05) is 23.6 Å². The fourth-order valence-corrected chi connectivity index (χ4v) is 2.59. The lowest BCUT2D eigenvalue weighted by Crippen LogP contribution is -2.24. The Morgan fingerprint density at radius 1 is 1.13 bits per heavy atom. The maximum atomic E-state index is 12.1. The molecule has 0 aliphatic rings. The third-order valence-corrected chi connectivity index (χ3v) is 3.75. The lowest BCUT2D eigenvalue weighted by molar-refractivity contribution is -0.120. The Hall–Kier alpha value is -2.75. The van der Waals surface area contributed by atoms with Gasteiger partial charge in [0.05, 0.1) is 13.0 Å². The molecule has 2 N–H and O–H groups in total. The molecule has 0 saturated heterocycles. The summed E-state index contributed by atoms with van der Waals surface area (Å²) in [5.41, 5.74) is 3.16. The summed E-state index contributed by atoms with van der Waals surface area (Å²) in [6, 6.07) is 15.7. The second-order valence-corrected chi connectivity index (χ2v) is 5.39. The molecule has 0 radical (unpaired) electrons. The molecule has 3 rings (SSSR count). The first-order valence-electron chi connectivity index (χ1n) is 7.79. The molecule has 1 aromatic heterocycles. The third-order valence-electron chi connectivity index (χ3n) is 3.75. The van der Waals surface area contributed by atoms with Gasteiger partial charge in [0.25, 0.3) is 0 Å². The zero-order valence-corrected chi connectivity index (χ0v) is 13.1. The Labute approximate surface area is 135 Å². The van der Waals surface area contributed by atoms with Gasteiger partial charge in [-0.1, -0.05) is 30.3 Å². The van der Waals surface area contributed by atoms with Crippen LogP contribution >= 0.6 is 0 Å². The summed E-state index contributed by atoms with van der Waals surface area (Å²) in [5.74, 6) is 0.842. The normalized spacial score (nSPS) is 10.7. The minimum Gasteiger partial charge on any atom is -0.494 e. The van der Waals surface area contributed by atoms with Crippen LogP contribution in [0.15, 0.2) is 54.7 Å². The molecule has 118 valence electrons. The highest BCUT2D eigenvalue weighted by molar-refractivity contribution is 5.84. The van der Waals surface area contributed by atoms with E-state index in [1.807, 2.05) is 55.6 Å². The van der Waals surface area contributed by atoms with Crippen molar-refractivity contribution in [3.05, 3.63) is 65.9 Å². The first-order chi connectivity index (χ1) is 11.3. The smallest absolute Gasteiger partial charge is 0.224 e. The number of rotatable bonds is 6. The summed E-state index contributed by atoms with van der Waals surface area (Å²) in [4.78, 5) is 15.3. The van der Waals surface area contributed by atoms with Crippen LogP contribution in [0.2, 0.25) is 0 Å². The number of carbonyl (C=O) groups excluding carboxylic acids is 1. The lowest BCUT2D eigenvalue weighted by atomic mass is 10.1. The number of amides is 1. The van der Waals surface area contributed by atoms with Crippen molar-refractivity contribution >= 4 is 16.8 Å². The van der Waals surface area contributed by atoms with Crippen LogP contribution in [-0.2, 0) is 17.8 Å². The van der Waals surface area contributed by atoms with Gasteiger partial charge in [-0.3, -0.25) is 4.79 Å². The summed E-state index contributed by atoms with van der Waals surface area (Å²) in [7, 11) is 0. The quantitative estimate of drug-likeness (QED) is 0.733. The van der Waals surface area contributed by atoms with Gasteiger partial charge < -0.3 is 15.0 Å². The van der Waals surface area contributed by atoms with Crippen molar-refractivity contribution in [2.24, 2.45) is 0 Å². The summed E-state index contributed by atoms with van der Waals surface area (Å²) in [5, 5.41) is 4.12. The van der Waals surface area contributed by atoms with Gasteiger partial charge in [0.2, 0.25) is 5.91 Å². The van der Waals surface area contributed by atoms with Crippen LogP contribution in [-0.4, -0.2) is 17.5 Å². The highest BCUT2D eigenvalue weighted by Crippen LogP contribution is 2.17. The van der Waals surface area contributed by atoms with Crippen LogP contribution in [0, 0.1) is 0 Å². The average molecular weight is 308 g/mol. The largest absolute Gasteiger partial charge is 0.494 e. The molecule has 23 heavy (non-hydrogen) atoms. The van der Waals surface area contributed by atoms with Crippen LogP contribution in [0.1, 0.15) is 18.1 Å². The van der Waals surface area contributed by atoms with Crippen LogP contribution in [0.25, 0.3) is 10.9 Å². The second-order valence-electron chi connectivity index (χ2n) is 5.39. The number of hydrogen-bond acceptors (Lipinski definition) is 2. The second kappa shape index (κ2) is 7.01. The van der Waals surface area contributed by atoms with E-state index in [1.165, 1.54) is 0 Å². The van der Waals surface area contributed by atoms with Gasteiger partial charge in [-0.2, -0.15) is 0 Å². The van der Waals surface area contributed by atoms with Crippen molar-refractivity contribution in [2.45, 2.75) is 19.9 Å². The number of para-hydroxylation sites is 1. The van der Waals surface area contributed by atoms with Crippen molar-refractivity contribution in [1.82, 2.24) is 10.3 Å². The van der Waals surface area contributed by atoms with Gasteiger partial charge >= 0.3 is 0 Å². The molecule has 4 heteroatoms. The minimum atomic E-state index is 0.0134. The third kappa shape index (κ3) is 3.72. The van der Waals surface area contributed by atoms with Crippen LogP contribution in [0.5, 0.6) is 5.75 Å². The van der Waals surface area contributed by atoms with E-state index >= 15 is 0 Å². The molecule has 1 heterocycles. The zero-order valence-electron chi connectivity index (χ0n) is 13.1. The van der Waals surface area contributed by atoms with E-state index in [1.54, 1.807) is 0 Å². The fourth-order valence-electron chi connectivity index (χ4n) is 2.59. The van der Waals surface area contributed by atoms with Gasteiger partial charge in [-0.25, -0.2) is 0 Å². The van der Waals surface area contributed by atoms with Crippen LogP contribution in [0.3, 0.4) is 0 Å². The van der Waals surface area contributed by atoms with Crippen molar-refractivity contribution in [2.75, 3.05) is 6.61 Å². The molecule has 0 aliphatic heterocycles. The number of fused-ring (bicyclic) bond motifs is 1. The predicted octanol–water partition coefficient (Wildman–Crippen LogP) is 3.43. The predicted molar refractivity (Wildman–Crippen MR) is 91.5 cm³/mol. The number of aromatic nitrogens is 1. The van der Waals surface area contributed by atoms with Crippen molar-refractivity contribution in [3.63, 3.8) is 0 Å². The number of aromatic amines is 1. The van der Waals surface area contributed by atoms with E-state index in [2.05, 4.69) is 16.4 Å². The number of hydrogen-bond donors (Lipinski definition) is 2. The molecule has 0 unspecified atom stereocenters. The Morgan fingerprint density at radius 3 is 2.70 bits per heavy atom. The number of carbonyl (C=O) groups is 1. The Kier molecular flexibility index (Phi) is 4.62. The molecule has 2 aromatic carbocycles. The van der Waals surface area contributed by atoms with Crippen molar-refractivity contribution in [1.29, 1.82) is 0 Å². The molecular weight excluding hydrogens is 288 g/mol. The molecule has 0 atom stereocenters. The Balaban J connectivity index is 1.57. The number of H-pyrrole nitrogens is 1. The van der Waals surface area contributed by atoms with E-state index < -0.39 is 0 Å². The molecule has 0 fully saturated rings. The van der Waals surface area contributed by atoms with E-state index in [0.29, 0.717) is 19.6 Å². The molecule has 0 aliphatic carbocycles. The first-order valence-corrected chi connectivity index (χ1v) is 7.79. The number of ether oxygens (including phenoxy) is 1. The highest BCUT2D eigenvalue weighted by Gasteiger charge is 2.06. The Morgan fingerprint density at radius 2 is 1.91 bits per heavy atom. The average Bonchev–Trinajstić information content (AvgIpc) is 2.98. The molecule has 3 aromatic rings. The molecule has 0 bridgehead atoms. The van der Waals surface area contributed by atoms with E-state index in [0.717, 1.165) is 27.8 Å². The van der Waals surface area contributed by atoms with Gasteiger partial charge in [0.15, 0.2) is 0 Å². The van der Waals surface area contributed by atoms with Crippen molar-refractivity contribution in [3.8, 4) is 5.75 Å². The standard InChI is InChI=1S/C19H20N2O2/c1-2-23-16-9-7-14(8-10-16)11-19(22)21-13-15-12-20-18-6-4-3-5-17(15)18/h3-10,12,20H,2,11,13H2,1H3,(H,21,22). The Bertz CT molecular complexity index is 790. The van der Waals surface area contributed by atoms with Gasteiger partial charge in [-0.05, 0) is 36.2 Å². The summed E-state index contributed by atoms with van der Waals surface area (Å²) >= 11 is 0. The maximum absolute atomic E-state index is 12.1. The maximum Gasteiger partial charge on any atom is 0.224 e. The zero-order chi connectivity index (χ0) is 16.1. The molecule has 0 saturated carbocycles. The minimum absolute atomic E-state index is 0.0134. The number of benzene rings is 2. The van der Waals surface area contributed by atoms with E-state index in [-0.39, 0.29) is 5.91 Å². The monoisotopic (exact) mass is 308 g/mol. The SMILES string of the molecule is CCOc1ccc(CC(=O)NCc2c[nH]c3ccccc23)cc1. The fraction of sp³-hybridized carbons (Fsp3) is 0.211. The summed E-state index contributed by atoms with van der Waals surface area (Å²) < 4.78 is 5.40. The van der Waals surface area contributed by atoms with Crippen LogP contribution in [0.4, 0.5) is 0 Å². The van der Waals surface area contributed by atoms with E-state index in [4.69, 9.17) is 4.74 Å². The molecule has 1 amide bonds. The highest BCUT2D eigenvalue weighted by atomic mass is 16.5. The lowest BCUT2D eigenvalue weighted by Gasteiger charge is -2.06.